The zero-order chi connectivity index (χ0) is 22.1. The van der Waals surface area contributed by atoms with E-state index < -0.39 is 5.97 Å². The molecule has 0 unspecified atom stereocenters. The first kappa shape index (κ1) is 19.9. The Balaban J connectivity index is 1.40. The Morgan fingerprint density at radius 2 is 1.75 bits per heavy atom. The fourth-order valence-corrected chi connectivity index (χ4v) is 3.37. The molecule has 3 heterocycles. The zero-order valence-corrected chi connectivity index (χ0v) is 17.5. The summed E-state index contributed by atoms with van der Waals surface area (Å²) in [5.41, 5.74) is 3.25. The number of aromatic nitrogens is 4. The van der Waals surface area contributed by atoms with Crippen molar-refractivity contribution < 1.29 is 18.6 Å². The van der Waals surface area contributed by atoms with Crippen LogP contribution in [0.15, 0.2) is 69.7 Å². The number of nitrogens with zero attached hydrogens (tertiary/aromatic N) is 4. The number of hydrogen-bond acceptors (Lipinski definition) is 8. The van der Waals surface area contributed by atoms with Crippen molar-refractivity contribution in [2.24, 2.45) is 0 Å². The van der Waals surface area contributed by atoms with Crippen LogP contribution in [-0.2, 0) is 11.3 Å². The molecule has 0 radical (unpaired) electrons. The SMILES string of the molecule is Cc1noc2nc(-c3ccccc3)cc(C(=O)OCc3nc(-c4ccc(Cl)cc4)no3)c12. The van der Waals surface area contributed by atoms with Gasteiger partial charge in [-0.15, -0.1) is 0 Å². The molecule has 2 aromatic carbocycles. The van der Waals surface area contributed by atoms with Gasteiger partial charge in [0.2, 0.25) is 5.82 Å². The first-order valence-electron chi connectivity index (χ1n) is 9.66. The second-order valence-electron chi connectivity index (χ2n) is 6.96. The summed E-state index contributed by atoms with van der Waals surface area (Å²) in [5.74, 6) is -0.0358. The highest BCUT2D eigenvalue weighted by molar-refractivity contribution is 6.30. The Morgan fingerprint density at radius 1 is 0.969 bits per heavy atom. The van der Waals surface area contributed by atoms with Gasteiger partial charge in [-0.05, 0) is 37.3 Å². The van der Waals surface area contributed by atoms with E-state index >= 15 is 0 Å². The number of rotatable bonds is 5. The minimum absolute atomic E-state index is 0.166. The monoisotopic (exact) mass is 446 g/mol. The summed E-state index contributed by atoms with van der Waals surface area (Å²) in [6, 6.07) is 18.1. The molecule has 0 spiro atoms. The summed E-state index contributed by atoms with van der Waals surface area (Å²) in [6.45, 7) is 1.55. The van der Waals surface area contributed by atoms with Gasteiger partial charge in [-0.25, -0.2) is 9.78 Å². The van der Waals surface area contributed by atoms with Crippen molar-refractivity contribution in [3.8, 4) is 22.6 Å². The Labute approximate surface area is 186 Å². The largest absolute Gasteiger partial charge is 0.452 e. The van der Waals surface area contributed by atoms with E-state index in [4.69, 9.17) is 25.4 Å². The lowest BCUT2D eigenvalue weighted by atomic mass is 10.1. The Hall–Kier alpha value is -4.04. The molecule has 0 fully saturated rings. The molecular weight excluding hydrogens is 432 g/mol. The molecule has 0 saturated heterocycles. The van der Waals surface area contributed by atoms with Crippen LogP contribution in [0.4, 0.5) is 0 Å². The van der Waals surface area contributed by atoms with Crippen molar-refractivity contribution in [1.82, 2.24) is 20.3 Å². The van der Waals surface area contributed by atoms with Gasteiger partial charge < -0.3 is 13.8 Å². The van der Waals surface area contributed by atoms with E-state index in [0.717, 1.165) is 11.1 Å². The number of halogens is 1. The van der Waals surface area contributed by atoms with Crippen LogP contribution in [0.1, 0.15) is 21.9 Å². The van der Waals surface area contributed by atoms with Gasteiger partial charge >= 0.3 is 5.97 Å². The van der Waals surface area contributed by atoms with Crippen LogP contribution in [0.5, 0.6) is 0 Å². The molecule has 5 rings (SSSR count). The van der Waals surface area contributed by atoms with Crippen LogP contribution in [-0.4, -0.2) is 26.3 Å². The summed E-state index contributed by atoms with van der Waals surface area (Å²) < 4.78 is 16.0. The summed E-state index contributed by atoms with van der Waals surface area (Å²) in [4.78, 5) is 21.7. The van der Waals surface area contributed by atoms with E-state index in [1.54, 1.807) is 37.3 Å². The lowest BCUT2D eigenvalue weighted by Gasteiger charge is -2.06. The third kappa shape index (κ3) is 3.83. The van der Waals surface area contributed by atoms with E-state index in [1.165, 1.54) is 0 Å². The van der Waals surface area contributed by atoms with Gasteiger partial charge in [-0.1, -0.05) is 52.2 Å². The van der Waals surface area contributed by atoms with Gasteiger partial charge in [-0.3, -0.25) is 0 Å². The van der Waals surface area contributed by atoms with Gasteiger partial charge in [0, 0.05) is 16.1 Å². The second kappa shape index (κ2) is 8.24. The number of ether oxygens (including phenoxy) is 1. The number of esters is 1. The number of aryl methyl sites for hydroxylation is 1. The maximum atomic E-state index is 13.0. The normalized spacial score (nSPS) is 11.1. The first-order chi connectivity index (χ1) is 15.6. The average Bonchev–Trinajstić information content (AvgIpc) is 3.45. The topological polar surface area (TPSA) is 104 Å². The van der Waals surface area contributed by atoms with Crippen LogP contribution in [0, 0.1) is 6.92 Å². The highest BCUT2D eigenvalue weighted by Crippen LogP contribution is 2.28. The quantitative estimate of drug-likeness (QED) is 0.337. The van der Waals surface area contributed by atoms with E-state index in [9.17, 15) is 4.79 Å². The highest BCUT2D eigenvalue weighted by Gasteiger charge is 2.21. The molecule has 0 aliphatic carbocycles. The summed E-state index contributed by atoms with van der Waals surface area (Å²) in [5, 5.41) is 8.97. The van der Waals surface area contributed by atoms with Crippen molar-refractivity contribution in [2.45, 2.75) is 13.5 Å². The summed E-state index contributed by atoms with van der Waals surface area (Å²) in [6.07, 6.45) is 0. The van der Waals surface area contributed by atoms with E-state index in [1.807, 2.05) is 30.3 Å². The van der Waals surface area contributed by atoms with Crippen LogP contribution in [0.3, 0.4) is 0 Å². The van der Waals surface area contributed by atoms with Gasteiger partial charge in [0.15, 0.2) is 6.61 Å². The van der Waals surface area contributed by atoms with Crippen LogP contribution in [0.25, 0.3) is 33.7 Å². The van der Waals surface area contributed by atoms with Crippen molar-refractivity contribution in [2.75, 3.05) is 0 Å². The number of carbonyl (C=O) groups is 1. The molecular formula is C23H15ClN4O4. The molecule has 0 aliphatic heterocycles. The second-order valence-corrected chi connectivity index (χ2v) is 7.40. The molecule has 9 heteroatoms. The van der Waals surface area contributed by atoms with Crippen molar-refractivity contribution in [3.05, 3.63) is 82.8 Å². The van der Waals surface area contributed by atoms with E-state index in [0.29, 0.717) is 33.2 Å². The average molecular weight is 447 g/mol. The van der Waals surface area contributed by atoms with Crippen LogP contribution in [0.2, 0.25) is 5.02 Å². The Morgan fingerprint density at radius 3 is 2.53 bits per heavy atom. The lowest BCUT2D eigenvalue weighted by molar-refractivity contribution is 0.0432. The highest BCUT2D eigenvalue weighted by atomic mass is 35.5. The molecule has 0 N–H and O–H groups in total. The molecule has 0 saturated carbocycles. The van der Waals surface area contributed by atoms with Gasteiger partial charge in [0.25, 0.3) is 11.6 Å². The third-order valence-corrected chi connectivity index (χ3v) is 5.06. The first-order valence-corrected chi connectivity index (χ1v) is 10.0. The number of pyridine rings is 1. The summed E-state index contributed by atoms with van der Waals surface area (Å²) in [7, 11) is 0. The molecule has 32 heavy (non-hydrogen) atoms. The van der Waals surface area contributed by atoms with E-state index in [2.05, 4.69) is 20.3 Å². The maximum absolute atomic E-state index is 13.0. The molecule has 5 aromatic rings. The van der Waals surface area contributed by atoms with Gasteiger partial charge in [-0.2, -0.15) is 4.98 Å². The Bertz CT molecular complexity index is 1410. The minimum Gasteiger partial charge on any atom is -0.452 e. The lowest BCUT2D eigenvalue weighted by Crippen LogP contribution is -2.07. The number of carbonyl (C=O) groups excluding carboxylic acids is 1. The molecule has 0 atom stereocenters. The van der Waals surface area contributed by atoms with Gasteiger partial charge in [0.1, 0.15) is 0 Å². The number of fused-ring (bicyclic) bond motifs is 1. The molecule has 158 valence electrons. The fraction of sp³-hybridized carbons (Fsp3) is 0.0870. The fourth-order valence-electron chi connectivity index (χ4n) is 3.25. The molecule has 8 nitrogen and oxygen atoms in total. The Kier molecular flexibility index (Phi) is 5.12. The number of benzene rings is 2. The minimum atomic E-state index is -0.577. The standard InChI is InChI=1S/C23H15ClN4O4/c1-13-20-17(11-18(25-22(20)32-27-13)14-5-3-2-4-6-14)23(29)30-12-19-26-21(28-31-19)15-7-9-16(24)10-8-15/h2-11H,12H2,1H3. The third-order valence-electron chi connectivity index (χ3n) is 4.80. The molecule has 0 amide bonds. The van der Waals surface area contributed by atoms with Crippen LogP contribution >= 0.6 is 11.6 Å². The van der Waals surface area contributed by atoms with Crippen molar-refractivity contribution >= 4 is 28.7 Å². The predicted molar refractivity (Wildman–Crippen MR) is 116 cm³/mol. The molecule has 0 bridgehead atoms. The zero-order valence-electron chi connectivity index (χ0n) is 16.8. The van der Waals surface area contributed by atoms with Crippen molar-refractivity contribution in [3.63, 3.8) is 0 Å². The molecule has 3 aromatic heterocycles. The molecule has 0 aliphatic rings. The van der Waals surface area contributed by atoms with Crippen molar-refractivity contribution in [1.29, 1.82) is 0 Å². The smallest absolute Gasteiger partial charge is 0.339 e. The van der Waals surface area contributed by atoms with Crippen LogP contribution < -0.4 is 0 Å². The van der Waals surface area contributed by atoms with E-state index in [-0.39, 0.29) is 18.2 Å². The maximum Gasteiger partial charge on any atom is 0.339 e. The summed E-state index contributed by atoms with van der Waals surface area (Å²) >= 11 is 5.90. The predicted octanol–water partition coefficient (Wildman–Crippen LogP) is 5.26. The van der Waals surface area contributed by atoms with Gasteiger partial charge in [0.05, 0.1) is 22.3 Å². The number of hydrogen-bond donors (Lipinski definition) is 0.